The largest absolute Gasteiger partial charge is 0.480 e. The lowest BCUT2D eigenvalue weighted by Crippen LogP contribution is -2.44. The first-order chi connectivity index (χ1) is 12.3. The second kappa shape index (κ2) is 7.44. The Morgan fingerprint density at radius 1 is 1.42 bits per heavy atom. The van der Waals surface area contributed by atoms with E-state index in [-0.39, 0.29) is 28.6 Å². The standard InChI is InChI=1S/C20H24ClFN2O2/c1-20(7-3-2-4-8-20)11-18-13(12-23)9-17(19(25)26)24(18)16-6-5-14(21)10-15(16)22/h5-6,10,13,17-18H,2-4,7-9,11H2,1H3,(H,25,26). The van der Waals surface area contributed by atoms with E-state index in [1.165, 1.54) is 18.6 Å². The van der Waals surface area contributed by atoms with Gasteiger partial charge in [-0.25, -0.2) is 9.18 Å². The first-order valence-electron chi connectivity index (χ1n) is 9.20. The molecule has 1 saturated carbocycles. The van der Waals surface area contributed by atoms with E-state index in [0.717, 1.165) is 25.7 Å². The fourth-order valence-corrected chi connectivity index (χ4v) is 4.85. The van der Waals surface area contributed by atoms with Gasteiger partial charge in [0, 0.05) is 11.1 Å². The number of anilines is 1. The van der Waals surface area contributed by atoms with E-state index in [1.807, 2.05) is 0 Å². The smallest absolute Gasteiger partial charge is 0.326 e. The highest BCUT2D eigenvalue weighted by molar-refractivity contribution is 6.30. The van der Waals surface area contributed by atoms with Crippen molar-refractivity contribution in [1.29, 1.82) is 5.26 Å². The van der Waals surface area contributed by atoms with Crippen LogP contribution in [0.15, 0.2) is 18.2 Å². The van der Waals surface area contributed by atoms with Crippen molar-refractivity contribution in [2.75, 3.05) is 4.90 Å². The molecule has 1 saturated heterocycles. The molecule has 0 spiro atoms. The lowest BCUT2D eigenvalue weighted by molar-refractivity contribution is -0.138. The van der Waals surface area contributed by atoms with E-state index < -0.39 is 23.7 Å². The molecule has 0 radical (unpaired) electrons. The van der Waals surface area contributed by atoms with Crippen molar-refractivity contribution in [2.24, 2.45) is 11.3 Å². The van der Waals surface area contributed by atoms with Gasteiger partial charge in [-0.3, -0.25) is 0 Å². The maximum Gasteiger partial charge on any atom is 0.326 e. The second-order valence-corrected chi connectivity index (χ2v) is 8.41. The van der Waals surface area contributed by atoms with Crippen LogP contribution in [0.25, 0.3) is 0 Å². The van der Waals surface area contributed by atoms with Crippen LogP contribution in [0.5, 0.6) is 0 Å². The van der Waals surface area contributed by atoms with Crippen LogP contribution >= 0.6 is 11.6 Å². The number of carboxylic acid groups (broad SMARTS) is 1. The van der Waals surface area contributed by atoms with Gasteiger partial charge < -0.3 is 10.0 Å². The molecule has 0 bridgehead atoms. The molecular weight excluding hydrogens is 355 g/mol. The van der Waals surface area contributed by atoms with Gasteiger partial charge in [-0.15, -0.1) is 0 Å². The number of halogens is 2. The van der Waals surface area contributed by atoms with Gasteiger partial charge in [0.25, 0.3) is 0 Å². The Bertz CT molecular complexity index is 727. The summed E-state index contributed by atoms with van der Waals surface area (Å²) in [5.74, 6) is -1.98. The SMILES string of the molecule is CC1(CC2C(C#N)CC(C(=O)O)N2c2ccc(Cl)cc2F)CCCCC1. The Kier molecular flexibility index (Phi) is 5.43. The summed E-state index contributed by atoms with van der Waals surface area (Å²) in [7, 11) is 0. The fraction of sp³-hybridized carbons (Fsp3) is 0.600. The van der Waals surface area contributed by atoms with Crippen molar-refractivity contribution in [2.45, 2.75) is 64.0 Å². The van der Waals surface area contributed by atoms with Gasteiger partial charge >= 0.3 is 5.97 Å². The highest BCUT2D eigenvalue weighted by atomic mass is 35.5. The predicted molar refractivity (Wildman–Crippen MR) is 98.6 cm³/mol. The van der Waals surface area contributed by atoms with Crippen LogP contribution in [-0.2, 0) is 4.79 Å². The van der Waals surface area contributed by atoms with Gasteiger partial charge in [0.1, 0.15) is 11.9 Å². The molecule has 1 aliphatic heterocycles. The molecule has 2 aliphatic rings. The average molecular weight is 379 g/mol. The Morgan fingerprint density at radius 2 is 2.12 bits per heavy atom. The molecule has 1 aliphatic carbocycles. The zero-order valence-corrected chi connectivity index (χ0v) is 15.7. The third-order valence-corrected chi connectivity index (χ3v) is 6.27. The summed E-state index contributed by atoms with van der Waals surface area (Å²) in [6, 6.07) is 5.38. The van der Waals surface area contributed by atoms with Crippen molar-refractivity contribution in [3.8, 4) is 6.07 Å². The minimum atomic E-state index is -1.02. The number of nitriles is 1. The number of nitrogens with zero attached hydrogens (tertiary/aromatic N) is 2. The molecule has 4 nitrogen and oxygen atoms in total. The number of aliphatic carboxylic acids is 1. The Labute approximate surface area is 158 Å². The summed E-state index contributed by atoms with van der Waals surface area (Å²) in [6.45, 7) is 2.21. The number of benzene rings is 1. The van der Waals surface area contributed by atoms with Crippen LogP contribution in [-0.4, -0.2) is 23.2 Å². The van der Waals surface area contributed by atoms with Crippen LogP contribution in [0.1, 0.15) is 51.9 Å². The zero-order chi connectivity index (χ0) is 18.9. The predicted octanol–water partition coefficient (Wildman–Crippen LogP) is 5.01. The third kappa shape index (κ3) is 3.66. The fourth-order valence-electron chi connectivity index (χ4n) is 4.69. The van der Waals surface area contributed by atoms with Gasteiger partial charge in [0.2, 0.25) is 0 Å². The number of hydrogen-bond acceptors (Lipinski definition) is 3. The lowest BCUT2D eigenvalue weighted by atomic mass is 9.70. The normalized spacial score (nSPS) is 27.9. The van der Waals surface area contributed by atoms with Crippen LogP contribution in [0.2, 0.25) is 5.02 Å². The van der Waals surface area contributed by atoms with Gasteiger partial charge in [-0.05, 0) is 49.3 Å². The Balaban J connectivity index is 1.99. The zero-order valence-electron chi connectivity index (χ0n) is 14.9. The van der Waals surface area contributed by atoms with Crippen molar-refractivity contribution in [3.05, 3.63) is 29.0 Å². The maximum absolute atomic E-state index is 14.6. The second-order valence-electron chi connectivity index (χ2n) is 7.97. The highest BCUT2D eigenvalue weighted by Crippen LogP contribution is 2.46. The van der Waals surface area contributed by atoms with Crippen LogP contribution in [0, 0.1) is 28.5 Å². The number of hydrogen-bond donors (Lipinski definition) is 1. The molecule has 26 heavy (non-hydrogen) atoms. The average Bonchev–Trinajstić information content (AvgIpc) is 2.93. The summed E-state index contributed by atoms with van der Waals surface area (Å²) in [5, 5.41) is 19.6. The van der Waals surface area contributed by atoms with Crippen molar-refractivity contribution < 1.29 is 14.3 Å². The highest BCUT2D eigenvalue weighted by Gasteiger charge is 2.48. The van der Waals surface area contributed by atoms with E-state index in [0.29, 0.717) is 6.42 Å². The lowest BCUT2D eigenvalue weighted by Gasteiger charge is -2.40. The molecule has 3 atom stereocenters. The van der Waals surface area contributed by atoms with Gasteiger partial charge in [0.15, 0.2) is 0 Å². The van der Waals surface area contributed by atoms with Crippen LogP contribution in [0.4, 0.5) is 10.1 Å². The Hall–Kier alpha value is -1.80. The summed E-state index contributed by atoms with van der Waals surface area (Å²) in [4.78, 5) is 13.5. The molecular formula is C20H24ClFN2O2. The molecule has 6 heteroatoms. The minimum Gasteiger partial charge on any atom is -0.480 e. The summed E-state index contributed by atoms with van der Waals surface area (Å²) in [5.41, 5.74) is 0.288. The first kappa shape index (κ1) is 19.0. The summed E-state index contributed by atoms with van der Waals surface area (Å²) < 4.78 is 14.6. The molecule has 3 unspecified atom stereocenters. The van der Waals surface area contributed by atoms with Crippen LogP contribution < -0.4 is 4.90 Å². The van der Waals surface area contributed by atoms with Crippen molar-refractivity contribution >= 4 is 23.3 Å². The molecule has 0 amide bonds. The van der Waals surface area contributed by atoms with Crippen molar-refractivity contribution in [3.63, 3.8) is 0 Å². The van der Waals surface area contributed by atoms with E-state index in [4.69, 9.17) is 11.6 Å². The summed E-state index contributed by atoms with van der Waals surface area (Å²) >= 11 is 5.87. The Morgan fingerprint density at radius 3 is 2.69 bits per heavy atom. The summed E-state index contributed by atoms with van der Waals surface area (Å²) in [6.07, 6.45) is 6.57. The molecule has 3 rings (SSSR count). The number of carboxylic acids is 1. The molecule has 0 aromatic heterocycles. The van der Waals surface area contributed by atoms with E-state index in [1.54, 1.807) is 11.0 Å². The van der Waals surface area contributed by atoms with Gasteiger partial charge in [-0.2, -0.15) is 5.26 Å². The van der Waals surface area contributed by atoms with Crippen molar-refractivity contribution in [1.82, 2.24) is 0 Å². The minimum absolute atomic E-state index is 0.0621. The van der Waals surface area contributed by atoms with E-state index in [2.05, 4.69) is 13.0 Å². The quantitative estimate of drug-likeness (QED) is 0.799. The maximum atomic E-state index is 14.6. The molecule has 1 aromatic rings. The number of carbonyl (C=O) groups is 1. The van der Waals surface area contributed by atoms with Gasteiger partial charge in [0.05, 0.1) is 17.7 Å². The third-order valence-electron chi connectivity index (χ3n) is 6.04. The molecule has 1 N–H and O–H groups in total. The number of rotatable bonds is 4. The van der Waals surface area contributed by atoms with E-state index >= 15 is 0 Å². The first-order valence-corrected chi connectivity index (χ1v) is 9.58. The monoisotopic (exact) mass is 378 g/mol. The van der Waals surface area contributed by atoms with Crippen LogP contribution in [0.3, 0.4) is 0 Å². The molecule has 1 heterocycles. The van der Waals surface area contributed by atoms with E-state index in [9.17, 15) is 19.6 Å². The molecule has 140 valence electrons. The molecule has 2 fully saturated rings. The molecule has 1 aromatic carbocycles. The topological polar surface area (TPSA) is 64.3 Å². The van der Waals surface area contributed by atoms with Gasteiger partial charge in [-0.1, -0.05) is 37.8 Å².